The second-order valence-corrected chi connectivity index (χ2v) is 3.08. The Kier molecular flexibility index (Phi) is 2.21. The summed E-state index contributed by atoms with van der Waals surface area (Å²) in [6.07, 6.45) is 1.53. The number of nitrogens with two attached hydrogens (primary N) is 1. The number of phenolic OH excluding ortho intramolecular Hbond substituents is 1. The molecule has 1 aromatic carbocycles. The molecule has 2 rings (SSSR count). The molecule has 78 valence electrons. The third-order valence-electron chi connectivity index (χ3n) is 2.12. The summed E-state index contributed by atoms with van der Waals surface area (Å²) in [4.78, 5) is 0. The average Bonchev–Trinajstić information content (AvgIpc) is 2.64. The maximum Gasteiger partial charge on any atom is 0.131 e. The normalized spacial score (nSPS) is 10.2. The number of aromatic hydroxyl groups is 1. The van der Waals surface area contributed by atoms with Crippen LogP contribution in [0.5, 0.6) is 11.5 Å². The molecule has 0 aliphatic rings. The number of benzene rings is 1. The van der Waals surface area contributed by atoms with E-state index in [2.05, 4.69) is 10.2 Å². The van der Waals surface area contributed by atoms with Crippen molar-refractivity contribution >= 4 is 5.69 Å². The van der Waals surface area contributed by atoms with Crippen LogP contribution in [0.1, 0.15) is 0 Å². The summed E-state index contributed by atoms with van der Waals surface area (Å²) in [5, 5.41) is 15.9. The summed E-state index contributed by atoms with van der Waals surface area (Å²) in [7, 11) is 1.53. The molecule has 0 bridgehead atoms. The maximum absolute atomic E-state index is 9.30. The van der Waals surface area contributed by atoms with Crippen molar-refractivity contribution in [2.45, 2.75) is 0 Å². The van der Waals surface area contributed by atoms with Gasteiger partial charge in [0.05, 0.1) is 24.7 Å². The summed E-state index contributed by atoms with van der Waals surface area (Å²) in [5.74, 6) is 0.694. The minimum atomic E-state index is 0.147. The van der Waals surface area contributed by atoms with Crippen LogP contribution < -0.4 is 10.5 Å². The standard InChI is InChI=1S/C10H11N3O2/c1-15-9-4-6(14)2-3-7(9)10-8(11)5-12-13-10/h2-5,14H,11H2,1H3,(H,12,13). The number of nitrogen functional groups attached to an aromatic ring is 1. The molecule has 0 aliphatic carbocycles. The van der Waals surface area contributed by atoms with Crippen LogP contribution in [0, 0.1) is 0 Å². The number of aromatic amines is 1. The maximum atomic E-state index is 9.30. The van der Waals surface area contributed by atoms with Crippen molar-refractivity contribution in [3.8, 4) is 22.8 Å². The van der Waals surface area contributed by atoms with Gasteiger partial charge in [-0.1, -0.05) is 0 Å². The predicted octanol–water partition coefficient (Wildman–Crippen LogP) is 1.37. The minimum absolute atomic E-state index is 0.147. The van der Waals surface area contributed by atoms with Crippen LogP contribution in [0.3, 0.4) is 0 Å². The summed E-state index contributed by atoms with van der Waals surface area (Å²) in [6.45, 7) is 0. The van der Waals surface area contributed by atoms with E-state index in [4.69, 9.17) is 10.5 Å². The van der Waals surface area contributed by atoms with Crippen LogP contribution >= 0.6 is 0 Å². The van der Waals surface area contributed by atoms with Gasteiger partial charge < -0.3 is 15.6 Å². The molecule has 0 fully saturated rings. The van der Waals surface area contributed by atoms with Gasteiger partial charge in [-0.25, -0.2) is 0 Å². The Hall–Kier alpha value is -2.17. The number of hydrogen-bond donors (Lipinski definition) is 3. The third-order valence-corrected chi connectivity index (χ3v) is 2.12. The van der Waals surface area contributed by atoms with Gasteiger partial charge in [0.2, 0.25) is 0 Å². The second kappa shape index (κ2) is 3.53. The molecule has 0 atom stereocenters. The fourth-order valence-corrected chi connectivity index (χ4v) is 1.40. The van der Waals surface area contributed by atoms with Gasteiger partial charge in [0.1, 0.15) is 11.5 Å². The summed E-state index contributed by atoms with van der Waals surface area (Å²) >= 11 is 0. The van der Waals surface area contributed by atoms with Crippen LogP contribution in [0.15, 0.2) is 24.4 Å². The zero-order valence-corrected chi connectivity index (χ0v) is 8.19. The monoisotopic (exact) mass is 205 g/mol. The first-order valence-electron chi connectivity index (χ1n) is 4.38. The van der Waals surface area contributed by atoms with Crippen molar-refractivity contribution in [3.05, 3.63) is 24.4 Å². The van der Waals surface area contributed by atoms with E-state index in [1.165, 1.54) is 19.4 Å². The number of nitrogens with zero attached hydrogens (tertiary/aromatic N) is 1. The smallest absolute Gasteiger partial charge is 0.131 e. The average molecular weight is 205 g/mol. The molecule has 0 spiro atoms. The van der Waals surface area contributed by atoms with Gasteiger partial charge in [-0.3, -0.25) is 5.10 Å². The van der Waals surface area contributed by atoms with Gasteiger partial charge in [0.25, 0.3) is 0 Å². The lowest BCUT2D eigenvalue weighted by Gasteiger charge is -2.07. The molecule has 0 saturated carbocycles. The number of ether oxygens (including phenoxy) is 1. The molecular formula is C10H11N3O2. The van der Waals surface area contributed by atoms with E-state index < -0.39 is 0 Å². The molecule has 15 heavy (non-hydrogen) atoms. The number of H-pyrrole nitrogens is 1. The Bertz CT molecular complexity index is 479. The number of nitrogens with one attached hydrogen (secondary N) is 1. The molecule has 1 aromatic heterocycles. The Balaban J connectivity index is 2.58. The van der Waals surface area contributed by atoms with E-state index in [0.29, 0.717) is 17.1 Å². The van der Waals surface area contributed by atoms with Crippen LogP contribution in [-0.4, -0.2) is 22.4 Å². The largest absolute Gasteiger partial charge is 0.508 e. The van der Waals surface area contributed by atoms with Crippen LogP contribution in [0.2, 0.25) is 0 Å². The predicted molar refractivity (Wildman–Crippen MR) is 56.7 cm³/mol. The molecule has 0 unspecified atom stereocenters. The van der Waals surface area contributed by atoms with Crippen molar-refractivity contribution in [2.24, 2.45) is 0 Å². The molecule has 1 heterocycles. The van der Waals surface area contributed by atoms with E-state index in [-0.39, 0.29) is 5.75 Å². The van der Waals surface area contributed by atoms with E-state index >= 15 is 0 Å². The Morgan fingerprint density at radius 2 is 2.27 bits per heavy atom. The van der Waals surface area contributed by atoms with E-state index in [9.17, 15) is 5.11 Å². The molecule has 5 heteroatoms. The third kappa shape index (κ3) is 1.59. The topological polar surface area (TPSA) is 84.2 Å². The first-order chi connectivity index (χ1) is 7.22. The van der Waals surface area contributed by atoms with Crippen LogP contribution in [0.25, 0.3) is 11.3 Å². The number of methoxy groups -OCH3 is 1. The highest BCUT2D eigenvalue weighted by atomic mass is 16.5. The van der Waals surface area contributed by atoms with Crippen LogP contribution in [-0.2, 0) is 0 Å². The summed E-state index contributed by atoms with van der Waals surface area (Å²) in [6, 6.07) is 4.81. The second-order valence-electron chi connectivity index (χ2n) is 3.08. The highest BCUT2D eigenvalue weighted by Crippen LogP contribution is 2.34. The molecule has 2 aromatic rings. The first kappa shape index (κ1) is 9.39. The lowest BCUT2D eigenvalue weighted by atomic mass is 10.1. The zero-order valence-electron chi connectivity index (χ0n) is 8.19. The highest BCUT2D eigenvalue weighted by molar-refractivity contribution is 5.77. The van der Waals surface area contributed by atoms with Gasteiger partial charge >= 0.3 is 0 Å². The van der Waals surface area contributed by atoms with E-state index in [1.54, 1.807) is 12.1 Å². The zero-order chi connectivity index (χ0) is 10.8. The summed E-state index contributed by atoms with van der Waals surface area (Å²) < 4.78 is 5.14. The quantitative estimate of drug-likeness (QED) is 0.691. The SMILES string of the molecule is COc1cc(O)ccc1-c1[nH]ncc1N. The Morgan fingerprint density at radius 3 is 2.87 bits per heavy atom. The molecule has 0 saturated heterocycles. The van der Waals surface area contributed by atoms with E-state index in [1.807, 2.05) is 0 Å². The fraction of sp³-hybridized carbons (Fsp3) is 0.100. The van der Waals surface area contributed by atoms with Gasteiger partial charge in [-0.15, -0.1) is 0 Å². The van der Waals surface area contributed by atoms with Crippen molar-refractivity contribution in [1.82, 2.24) is 10.2 Å². The van der Waals surface area contributed by atoms with Gasteiger partial charge in [0.15, 0.2) is 0 Å². The van der Waals surface area contributed by atoms with Crippen LogP contribution in [0.4, 0.5) is 5.69 Å². The molecular weight excluding hydrogens is 194 g/mol. The van der Waals surface area contributed by atoms with Crippen molar-refractivity contribution < 1.29 is 9.84 Å². The first-order valence-corrected chi connectivity index (χ1v) is 4.38. The molecule has 0 aliphatic heterocycles. The van der Waals surface area contributed by atoms with Gasteiger partial charge in [-0.05, 0) is 12.1 Å². The fourth-order valence-electron chi connectivity index (χ4n) is 1.40. The molecule has 0 radical (unpaired) electrons. The Labute approximate surface area is 86.5 Å². The number of aromatic nitrogens is 2. The number of anilines is 1. The highest BCUT2D eigenvalue weighted by Gasteiger charge is 2.10. The van der Waals surface area contributed by atoms with Crippen molar-refractivity contribution in [3.63, 3.8) is 0 Å². The molecule has 5 nitrogen and oxygen atoms in total. The molecule has 4 N–H and O–H groups in total. The summed E-state index contributed by atoms with van der Waals surface area (Å²) in [5.41, 5.74) is 7.72. The van der Waals surface area contributed by atoms with Crippen molar-refractivity contribution in [2.75, 3.05) is 12.8 Å². The van der Waals surface area contributed by atoms with E-state index in [0.717, 1.165) is 5.56 Å². The number of hydrogen-bond acceptors (Lipinski definition) is 4. The lowest BCUT2D eigenvalue weighted by molar-refractivity contribution is 0.409. The Morgan fingerprint density at radius 1 is 1.47 bits per heavy atom. The van der Waals surface area contributed by atoms with Gasteiger partial charge in [-0.2, -0.15) is 5.10 Å². The molecule has 0 amide bonds. The van der Waals surface area contributed by atoms with Gasteiger partial charge in [0, 0.05) is 11.6 Å². The van der Waals surface area contributed by atoms with Crippen molar-refractivity contribution in [1.29, 1.82) is 0 Å². The minimum Gasteiger partial charge on any atom is -0.508 e. The number of phenols is 1. The lowest BCUT2D eigenvalue weighted by Crippen LogP contribution is -1.91. The number of rotatable bonds is 2.